The number of hydrogen-bond donors (Lipinski definition) is 2. The predicted molar refractivity (Wildman–Crippen MR) is 125 cm³/mol. The number of amides is 1. The third kappa shape index (κ3) is 3.91. The van der Waals surface area contributed by atoms with Gasteiger partial charge in [0.2, 0.25) is 11.2 Å². The molecule has 32 heavy (non-hydrogen) atoms. The van der Waals surface area contributed by atoms with Crippen LogP contribution >= 0.6 is 0 Å². The summed E-state index contributed by atoms with van der Waals surface area (Å²) in [6.45, 7) is 1.80. The van der Waals surface area contributed by atoms with Crippen molar-refractivity contribution in [2.45, 2.75) is 12.8 Å². The van der Waals surface area contributed by atoms with Gasteiger partial charge in [-0.2, -0.15) is 4.40 Å². The molecule has 9 heteroatoms. The number of nitrogens with two attached hydrogens (primary N) is 1. The first-order valence-electron chi connectivity index (χ1n) is 10.5. The van der Waals surface area contributed by atoms with Crippen molar-refractivity contribution >= 4 is 39.5 Å². The second-order valence-electron chi connectivity index (χ2n) is 7.95. The monoisotopic (exact) mass is 449 g/mol. The lowest BCUT2D eigenvalue weighted by Crippen LogP contribution is -2.41. The minimum Gasteiger partial charge on any atom is -0.492 e. The van der Waals surface area contributed by atoms with Crippen LogP contribution in [-0.4, -0.2) is 45.5 Å². The Kier molecular flexibility index (Phi) is 5.48. The Labute approximate surface area is 188 Å². The molecule has 0 aliphatic carbocycles. The van der Waals surface area contributed by atoms with Crippen LogP contribution in [0.25, 0.3) is 10.9 Å². The summed E-state index contributed by atoms with van der Waals surface area (Å²) in [6.07, 6.45) is 3.58. The summed E-state index contributed by atoms with van der Waals surface area (Å²) in [4.78, 5) is 19.5. The third-order valence-corrected chi connectivity index (χ3v) is 6.58. The van der Waals surface area contributed by atoms with Crippen LogP contribution in [0.4, 0.5) is 5.69 Å². The van der Waals surface area contributed by atoms with E-state index < -0.39 is 11.2 Å². The van der Waals surface area contributed by atoms with E-state index in [4.69, 9.17) is 10.5 Å². The van der Waals surface area contributed by atoms with Crippen molar-refractivity contribution in [2.24, 2.45) is 16.0 Å². The molecule has 2 unspecified atom stereocenters. The van der Waals surface area contributed by atoms with E-state index in [9.17, 15) is 9.00 Å². The molecular weight excluding hydrogens is 426 g/mol. The number of ether oxygens (including phenoxy) is 1. The highest BCUT2D eigenvalue weighted by Crippen LogP contribution is 2.30. The lowest BCUT2D eigenvalue weighted by Gasteiger charge is -2.33. The molecule has 2 atom stereocenters. The molecule has 3 aromatic rings. The SMILES string of the molecule is NC1=NS(=O)Nc2cccc(OCC3CCCN(C(=O)c4ccnc5ccccc45)C3)c21. The molecule has 1 saturated heterocycles. The highest BCUT2D eigenvalue weighted by molar-refractivity contribution is 7.85. The Morgan fingerprint density at radius 2 is 2.09 bits per heavy atom. The molecule has 0 radical (unpaired) electrons. The van der Waals surface area contributed by atoms with Crippen molar-refractivity contribution in [1.29, 1.82) is 0 Å². The molecule has 8 nitrogen and oxygen atoms in total. The van der Waals surface area contributed by atoms with E-state index in [1.165, 1.54) is 0 Å². The maximum atomic E-state index is 13.3. The number of hydrogen-bond acceptors (Lipinski definition) is 5. The fourth-order valence-corrected chi connectivity index (χ4v) is 4.97. The van der Waals surface area contributed by atoms with Gasteiger partial charge in [-0.15, -0.1) is 0 Å². The minimum absolute atomic E-state index is 0.0217. The summed E-state index contributed by atoms with van der Waals surface area (Å²) in [6, 6.07) is 14.9. The number of piperidine rings is 1. The van der Waals surface area contributed by atoms with Crippen LogP contribution < -0.4 is 15.2 Å². The van der Waals surface area contributed by atoms with E-state index in [0.717, 1.165) is 30.3 Å². The van der Waals surface area contributed by atoms with Gasteiger partial charge in [-0.05, 0) is 37.1 Å². The van der Waals surface area contributed by atoms with Crippen LogP contribution in [0.5, 0.6) is 5.75 Å². The molecule has 1 amide bonds. The van der Waals surface area contributed by atoms with Gasteiger partial charge in [0.25, 0.3) is 5.91 Å². The second kappa shape index (κ2) is 8.58. The predicted octanol–water partition coefficient (Wildman–Crippen LogP) is 2.88. The fourth-order valence-electron chi connectivity index (χ4n) is 4.30. The number of carbonyl (C=O) groups is 1. The molecular formula is C23H23N5O3S. The first-order chi connectivity index (χ1) is 15.6. The number of fused-ring (bicyclic) bond motifs is 2. The van der Waals surface area contributed by atoms with E-state index in [1.807, 2.05) is 41.3 Å². The fraction of sp³-hybridized carbons (Fsp3) is 0.261. The summed E-state index contributed by atoms with van der Waals surface area (Å²) in [5.74, 6) is 1.00. The molecule has 5 rings (SSSR count). The number of para-hydroxylation sites is 1. The maximum absolute atomic E-state index is 13.3. The summed E-state index contributed by atoms with van der Waals surface area (Å²) < 4.78 is 24.5. The Morgan fingerprint density at radius 3 is 3.00 bits per heavy atom. The average molecular weight is 450 g/mol. The number of nitrogens with zero attached hydrogens (tertiary/aromatic N) is 3. The second-order valence-corrected chi connectivity index (χ2v) is 8.84. The zero-order valence-electron chi connectivity index (χ0n) is 17.4. The molecule has 1 aromatic heterocycles. The molecule has 164 valence electrons. The number of aromatic nitrogens is 1. The van der Waals surface area contributed by atoms with Crippen molar-refractivity contribution in [1.82, 2.24) is 9.88 Å². The number of pyridine rings is 1. The number of carbonyl (C=O) groups excluding carboxylic acids is 1. The number of benzene rings is 2. The van der Waals surface area contributed by atoms with Gasteiger partial charge in [-0.1, -0.05) is 24.3 Å². The molecule has 2 aliphatic rings. The number of nitrogens with one attached hydrogen (secondary N) is 1. The Balaban J connectivity index is 1.30. The number of anilines is 1. The molecule has 3 heterocycles. The largest absolute Gasteiger partial charge is 0.492 e. The summed E-state index contributed by atoms with van der Waals surface area (Å²) in [7, 11) is 0. The van der Waals surface area contributed by atoms with Crippen LogP contribution in [0.1, 0.15) is 28.8 Å². The highest BCUT2D eigenvalue weighted by Gasteiger charge is 2.27. The number of amidine groups is 1. The third-order valence-electron chi connectivity index (χ3n) is 5.82. The van der Waals surface area contributed by atoms with Gasteiger partial charge in [-0.25, -0.2) is 4.21 Å². The highest BCUT2D eigenvalue weighted by atomic mass is 32.2. The summed E-state index contributed by atoms with van der Waals surface area (Å²) in [5.41, 5.74) is 8.75. The van der Waals surface area contributed by atoms with Crippen molar-refractivity contribution in [3.05, 3.63) is 65.9 Å². The average Bonchev–Trinajstić information content (AvgIpc) is 2.81. The van der Waals surface area contributed by atoms with Crippen molar-refractivity contribution < 1.29 is 13.7 Å². The van der Waals surface area contributed by atoms with Gasteiger partial charge in [-0.3, -0.25) is 14.5 Å². The van der Waals surface area contributed by atoms with Crippen LogP contribution in [0, 0.1) is 5.92 Å². The smallest absolute Gasteiger partial charge is 0.254 e. The standard InChI is InChI=1S/C23H23N5O3S/c24-22-21-19(26-32(30)27-22)8-3-9-20(21)31-14-15-5-4-12-28(13-15)23(29)17-10-11-25-18-7-2-1-6-16(17)18/h1-3,6-11,15,26H,4-5,12-14H2,(H2,24,27). The van der Waals surface area contributed by atoms with E-state index in [0.29, 0.717) is 35.7 Å². The van der Waals surface area contributed by atoms with E-state index >= 15 is 0 Å². The maximum Gasteiger partial charge on any atom is 0.254 e. The normalized spacial score (nSPS) is 20.2. The zero-order chi connectivity index (χ0) is 22.1. The minimum atomic E-state index is -1.58. The van der Waals surface area contributed by atoms with E-state index in [-0.39, 0.29) is 17.7 Å². The van der Waals surface area contributed by atoms with Gasteiger partial charge >= 0.3 is 0 Å². The van der Waals surface area contributed by atoms with Crippen LogP contribution in [-0.2, 0) is 11.2 Å². The molecule has 0 saturated carbocycles. The first kappa shape index (κ1) is 20.4. The molecule has 3 N–H and O–H groups in total. The van der Waals surface area contributed by atoms with E-state index in [1.54, 1.807) is 18.3 Å². The van der Waals surface area contributed by atoms with Crippen LogP contribution in [0.3, 0.4) is 0 Å². The van der Waals surface area contributed by atoms with Gasteiger partial charge < -0.3 is 15.4 Å². The van der Waals surface area contributed by atoms with Crippen molar-refractivity contribution in [3.8, 4) is 5.75 Å². The van der Waals surface area contributed by atoms with Gasteiger partial charge in [0.05, 0.1) is 28.9 Å². The van der Waals surface area contributed by atoms with Gasteiger partial charge in [0, 0.05) is 30.6 Å². The van der Waals surface area contributed by atoms with Crippen LogP contribution in [0.2, 0.25) is 0 Å². The number of rotatable bonds is 4. The molecule has 2 aliphatic heterocycles. The van der Waals surface area contributed by atoms with Gasteiger partial charge in [0.1, 0.15) is 11.6 Å². The first-order valence-corrected chi connectivity index (χ1v) is 11.6. The Morgan fingerprint density at radius 1 is 1.22 bits per heavy atom. The summed E-state index contributed by atoms with van der Waals surface area (Å²) in [5, 5.41) is 0.869. The zero-order valence-corrected chi connectivity index (χ0v) is 18.2. The van der Waals surface area contributed by atoms with Crippen molar-refractivity contribution in [3.63, 3.8) is 0 Å². The molecule has 0 bridgehead atoms. The van der Waals surface area contributed by atoms with Gasteiger partial charge in [0.15, 0.2) is 0 Å². The topological polar surface area (TPSA) is 110 Å². The lowest BCUT2D eigenvalue weighted by atomic mass is 9.97. The molecule has 0 spiro atoms. The van der Waals surface area contributed by atoms with E-state index in [2.05, 4.69) is 14.1 Å². The summed E-state index contributed by atoms with van der Waals surface area (Å²) >= 11 is -1.58. The lowest BCUT2D eigenvalue weighted by molar-refractivity contribution is 0.0635. The Hall–Kier alpha value is -3.46. The quantitative estimate of drug-likeness (QED) is 0.636. The van der Waals surface area contributed by atoms with Crippen LogP contribution in [0.15, 0.2) is 59.1 Å². The van der Waals surface area contributed by atoms with Crippen molar-refractivity contribution in [2.75, 3.05) is 24.4 Å². The number of likely N-dealkylation sites (tertiary alicyclic amines) is 1. The Bertz CT molecular complexity index is 1240. The molecule has 1 fully saturated rings. The molecule has 2 aromatic carbocycles.